The van der Waals surface area contributed by atoms with Crippen LogP contribution in [0.25, 0.3) is 5.57 Å². The Morgan fingerprint density at radius 3 is 1.92 bits per heavy atom. The number of nitrogens with zero attached hydrogens (tertiary/aromatic N) is 1. The summed E-state index contributed by atoms with van der Waals surface area (Å²) in [5, 5.41) is 10.7. The lowest BCUT2D eigenvalue weighted by molar-refractivity contribution is 0.162. The maximum atomic E-state index is 10.7. The van der Waals surface area contributed by atoms with Gasteiger partial charge in [0.15, 0.2) is 0 Å². The fourth-order valence-electron chi connectivity index (χ4n) is 6.35. The van der Waals surface area contributed by atoms with Crippen molar-refractivity contribution in [2.24, 2.45) is 0 Å². The summed E-state index contributed by atoms with van der Waals surface area (Å²) in [7, 11) is 0. The summed E-state index contributed by atoms with van der Waals surface area (Å²) in [5.74, 6) is 0.746. The second-order valence-corrected chi connectivity index (χ2v) is 11.1. The van der Waals surface area contributed by atoms with Crippen molar-refractivity contribution in [3.8, 4) is 0 Å². The van der Waals surface area contributed by atoms with E-state index in [1.165, 1.54) is 67.3 Å². The van der Waals surface area contributed by atoms with Crippen molar-refractivity contribution in [1.82, 2.24) is 4.90 Å². The molecule has 0 aromatic heterocycles. The molecule has 0 amide bonds. The Balaban J connectivity index is 1.06. The molecule has 194 valence electrons. The molecule has 1 heterocycles. The van der Waals surface area contributed by atoms with Crippen LogP contribution in [-0.4, -0.2) is 29.6 Å². The van der Waals surface area contributed by atoms with Crippen molar-refractivity contribution in [2.45, 2.75) is 76.2 Å². The van der Waals surface area contributed by atoms with Gasteiger partial charge in [0.2, 0.25) is 0 Å². The van der Waals surface area contributed by atoms with Crippen molar-refractivity contribution in [2.75, 3.05) is 19.6 Å². The molecule has 1 aliphatic carbocycles. The van der Waals surface area contributed by atoms with Crippen LogP contribution in [0.5, 0.6) is 0 Å². The molecular weight excluding hydrogens is 450 g/mol. The summed E-state index contributed by atoms with van der Waals surface area (Å²) in [6.07, 6.45) is 11.7. The predicted molar refractivity (Wildman–Crippen MR) is 156 cm³/mol. The quantitative estimate of drug-likeness (QED) is 0.286. The van der Waals surface area contributed by atoms with E-state index >= 15 is 0 Å². The van der Waals surface area contributed by atoms with E-state index in [4.69, 9.17) is 0 Å². The van der Waals surface area contributed by atoms with Gasteiger partial charge in [-0.15, -0.1) is 0 Å². The largest absolute Gasteiger partial charge is 0.388 e. The fraction of sp³-hybridized carbons (Fsp3) is 0.429. The van der Waals surface area contributed by atoms with Crippen LogP contribution in [0.3, 0.4) is 0 Å². The van der Waals surface area contributed by atoms with Crippen LogP contribution in [0, 0.1) is 0 Å². The third-order valence-electron chi connectivity index (χ3n) is 8.54. The first kappa shape index (κ1) is 25.9. The zero-order chi connectivity index (χ0) is 25.3. The third kappa shape index (κ3) is 7.00. The van der Waals surface area contributed by atoms with Gasteiger partial charge in [-0.2, -0.15) is 0 Å². The zero-order valence-corrected chi connectivity index (χ0v) is 22.3. The number of unbranched alkanes of at least 4 members (excludes halogenated alkanes) is 2. The van der Waals surface area contributed by atoms with Gasteiger partial charge in [-0.05, 0) is 78.8 Å². The van der Waals surface area contributed by atoms with E-state index in [2.05, 4.69) is 89.8 Å². The monoisotopic (exact) mass is 493 g/mol. The number of piperidine rings is 1. The molecule has 5 rings (SSSR count). The number of rotatable bonds is 10. The standard InChI is InChI=1S/C35H43NO/c37-34(30-21-19-29(20-22-30)28-12-9-10-13-28)18-8-3-11-25-36-26-23-33(24-27-36)35(31-14-4-1-5-15-31)32-16-6-2-7-17-32/h1-2,4-7,14-17,19-22,28,34,37H,3,8-13,18,23-27H2. The molecule has 0 spiro atoms. The molecule has 3 aromatic rings. The molecule has 37 heavy (non-hydrogen) atoms. The Morgan fingerprint density at radius 2 is 1.32 bits per heavy atom. The summed E-state index contributed by atoms with van der Waals surface area (Å²) in [5.41, 5.74) is 8.26. The highest BCUT2D eigenvalue weighted by Crippen LogP contribution is 2.35. The predicted octanol–water partition coefficient (Wildman–Crippen LogP) is 8.54. The molecule has 1 saturated heterocycles. The average Bonchev–Trinajstić information content (AvgIpc) is 3.50. The SMILES string of the molecule is OC(CCCCCN1CCC(=C(c2ccccc2)c2ccccc2)CC1)c1ccc(C2CCCC2)cc1. The van der Waals surface area contributed by atoms with Gasteiger partial charge in [-0.25, -0.2) is 0 Å². The first-order chi connectivity index (χ1) is 18.3. The van der Waals surface area contributed by atoms with E-state index in [0.29, 0.717) is 0 Å². The smallest absolute Gasteiger partial charge is 0.0790 e. The zero-order valence-electron chi connectivity index (χ0n) is 22.3. The van der Waals surface area contributed by atoms with E-state index < -0.39 is 0 Å². The molecule has 2 nitrogen and oxygen atoms in total. The number of hydrogen-bond donors (Lipinski definition) is 1. The molecule has 1 unspecified atom stereocenters. The lowest BCUT2D eigenvalue weighted by Crippen LogP contribution is -2.32. The Bertz CT molecular complexity index is 1060. The highest BCUT2D eigenvalue weighted by molar-refractivity contribution is 5.82. The second kappa shape index (κ2) is 13.2. The Kier molecular flexibility index (Phi) is 9.27. The van der Waals surface area contributed by atoms with Gasteiger partial charge in [-0.1, -0.05) is 116 Å². The van der Waals surface area contributed by atoms with Gasteiger partial charge < -0.3 is 10.0 Å². The molecule has 0 bridgehead atoms. The summed E-state index contributed by atoms with van der Waals surface area (Å²) < 4.78 is 0. The van der Waals surface area contributed by atoms with Crippen molar-refractivity contribution in [1.29, 1.82) is 0 Å². The molecule has 2 aliphatic rings. The minimum atomic E-state index is -0.324. The molecule has 1 N–H and O–H groups in total. The lowest BCUT2D eigenvalue weighted by Gasteiger charge is -2.30. The van der Waals surface area contributed by atoms with Crippen LogP contribution in [0.4, 0.5) is 0 Å². The minimum absolute atomic E-state index is 0.324. The number of aliphatic hydroxyl groups excluding tert-OH is 1. The average molecular weight is 494 g/mol. The van der Waals surface area contributed by atoms with Crippen LogP contribution in [-0.2, 0) is 0 Å². The van der Waals surface area contributed by atoms with Gasteiger partial charge in [0, 0.05) is 13.1 Å². The highest BCUT2D eigenvalue weighted by Gasteiger charge is 2.19. The molecule has 2 fully saturated rings. The van der Waals surface area contributed by atoms with Crippen molar-refractivity contribution < 1.29 is 5.11 Å². The summed E-state index contributed by atoms with van der Waals surface area (Å²) in [4.78, 5) is 2.63. The lowest BCUT2D eigenvalue weighted by atomic mass is 9.88. The van der Waals surface area contributed by atoms with Crippen LogP contribution < -0.4 is 0 Å². The number of benzene rings is 3. The molecule has 1 aliphatic heterocycles. The van der Waals surface area contributed by atoms with E-state index in [1.807, 2.05) is 0 Å². The Labute approximate surface area is 224 Å². The van der Waals surface area contributed by atoms with Gasteiger partial charge >= 0.3 is 0 Å². The van der Waals surface area contributed by atoms with Crippen LogP contribution >= 0.6 is 0 Å². The summed E-state index contributed by atoms with van der Waals surface area (Å²) in [6.45, 7) is 3.47. The number of hydrogen-bond acceptors (Lipinski definition) is 2. The molecular formula is C35H43NO. The van der Waals surface area contributed by atoms with E-state index in [0.717, 1.165) is 50.3 Å². The summed E-state index contributed by atoms with van der Waals surface area (Å²) >= 11 is 0. The topological polar surface area (TPSA) is 23.5 Å². The fourth-order valence-corrected chi connectivity index (χ4v) is 6.35. The highest BCUT2D eigenvalue weighted by atomic mass is 16.3. The first-order valence-electron chi connectivity index (χ1n) is 14.6. The molecule has 3 aromatic carbocycles. The Morgan fingerprint density at radius 1 is 0.730 bits per heavy atom. The van der Waals surface area contributed by atoms with Crippen molar-refractivity contribution in [3.05, 3.63) is 113 Å². The van der Waals surface area contributed by atoms with Gasteiger partial charge in [-0.3, -0.25) is 0 Å². The molecule has 0 radical (unpaired) electrons. The molecule has 1 atom stereocenters. The number of aliphatic hydroxyl groups is 1. The van der Waals surface area contributed by atoms with Gasteiger partial charge in [0.25, 0.3) is 0 Å². The normalized spacial score (nSPS) is 17.7. The van der Waals surface area contributed by atoms with E-state index in [-0.39, 0.29) is 6.10 Å². The maximum Gasteiger partial charge on any atom is 0.0790 e. The minimum Gasteiger partial charge on any atom is -0.388 e. The van der Waals surface area contributed by atoms with Gasteiger partial charge in [0.05, 0.1) is 6.10 Å². The van der Waals surface area contributed by atoms with Crippen molar-refractivity contribution >= 4 is 5.57 Å². The van der Waals surface area contributed by atoms with E-state index in [1.54, 1.807) is 5.57 Å². The third-order valence-corrected chi connectivity index (χ3v) is 8.54. The summed E-state index contributed by atoms with van der Waals surface area (Å²) in [6, 6.07) is 30.6. The van der Waals surface area contributed by atoms with E-state index in [9.17, 15) is 5.11 Å². The second-order valence-electron chi connectivity index (χ2n) is 11.1. The Hall–Kier alpha value is -2.68. The molecule has 2 heteroatoms. The van der Waals surface area contributed by atoms with Crippen molar-refractivity contribution in [3.63, 3.8) is 0 Å². The van der Waals surface area contributed by atoms with Crippen LogP contribution in [0.15, 0.2) is 90.5 Å². The van der Waals surface area contributed by atoms with Gasteiger partial charge in [0.1, 0.15) is 0 Å². The maximum absolute atomic E-state index is 10.7. The number of likely N-dealkylation sites (tertiary alicyclic amines) is 1. The van der Waals surface area contributed by atoms with Crippen LogP contribution in [0.2, 0.25) is 0 Å². The first-order valence-corrected chi connectivity index (χ1v) is 14.6. The molecule has 1 saturated carbocycles. The van der Waals surface area contributed by atoms with Crippen LogP contribution in [0.1, 0.15) is 98.5 Å².